The molecule has 0 bridgehead atoms. The zero-order valence-corrected chi connectivity index (χ0v) is 18.6. The summed E-state index contributed by atoms with van der Waals surface area (Å²) in [5, 5.41) is 0. The molecule has 2 aliphatic rings. The van der Waals surface area contributed by atoms with Crippen LogP contribution in [-0.4, -0.2) is 82.5 Å². The number of nitrogens with zero attached hydrogens (tertiary/aromatic N) is 6. The van der Waals surface area contributed by atoms with Gasteiger partial charge in [-0.15, -0.1) is 0 Å². The lowest BCUT2D eigenvalue weighted by molar-refractivity contribution is 0.0123. The van der Waals surface area contributed by atoms with Crippen molar-refractivity contribution in [2.24, 2.45) is 0 Å². The zero-order chi connectivity index (χ0) is 22.7. The molecule has 1 saturated heterocycles. The fourth-order valence-corrected chi connectivity index (χ4v) is 3.55. The van der Waals surface area contributed by atoms with Gasteiger partial charge in [0.15, 0.2) is 0 Å². The maximum Gasteiger partial charge on any atom is 0.410 e. The van der Waals surface area contributed by atoms with Crippen LogP contribution in [0.2, 0.25) is 0 Å². The minimum atomic E-state index is -0.314. The van der Waals surface area contributed by atoms with Crippen LogP contribution in [0.3, 0.4) is 0 Å². The molecule has 0 aromatic carbocycles. The van der Waals surface area contributed by atoms with Crippen LogP contribution in [0.1, 0.15) is 26.7 Å². The maximum atomic E-state index is 12.1. The number of morpholine rings is 1. The summed E-state index contributed by atoms with van der Waals surface area (Å²) in [6, 6.07) is 1.86. The summed E-state index contributed by atoms with van der Waals surface area (Å²) < 4.78 is 16.9. The van der Waals surface area contributed by atoms with E-state index in [0.29, 0.717) is 56.7 Å². The first-order valence-electron chi connectivity index (χ1n) is 10.8. The van der Waals surface area contributed by atoms with Crippen LogP contribution in [0.25, 0.3) is 11.3 Å². The number of nitrogens with two attached hydrogens (primary N) is 1. The van der Waals surface area contributed by atoms with E-state index < -0.39 is 0 Å². The molecule has 32 heavy (non-hydrogen) atoms. The molecule has 3 heterocycles. The first-order valence-corrected chi connectivity index (χ1v) is 10.8. The Bertz CT molecular complexity index is 928. The highest BCUT2D eigenvalue weighted by atomic mass is 16.6. The molecule has 2 aromatic heterocycles. The molecular weight excluding hydrogens is 414 g/mol. The van der Waals surface area contributed by atoms with Crippen LogP contribution in [0, 0.1) is 0 Å². The molecule has 1 amide bonds. The van der Waals surface area contributed by atoms with Crippen molar-refractivity contribution in [2.45, 2.75) is 44.9 Å². The lowest BCUT2D eigenvalue weighted by Gasteiger charge is -2.40. The molecule has 4 rings (SSSR count). The monoisotopic (exact) mass is 443 g/mol. The van der Waals surface area contributed by atoms with E-state index in [-0.39, 0.29) is 30.3 Å². The lowest BCUT2D eigenvalue weighted by atomic mass is 9.88. The minimum absolute atomic E-state index is 0.0442. The van der Waals surface area contributed by atoms with Gasteiger partial charge >= 0.3 is 6.09 Å². The summed E-state index contributed by atoms with van der Waals surface area (Å²) in [5.41, 5.74) is 7.00. The molecule has 11 heteroatoms. The van der Waals surface area contributed by atoms with E-state index in [4.69, 9.17) is 24.9 Å². The molecule has 1 aliphatic carbocycles. The Hall–Kier alpha value is -3.21. The molecular formula is C21H29N7O4. The number of anilines is 2. The van der Waals surface area contributed by atoms with Crippen molar-refractivity contribution in [3.05, 3.63) is 18.5 Å². The molecule has 0 radical (unpaired) electrons. The molecule has 172 valence electrons. The van der Waals surface area contributed by atoms with Crippen molar-refractivity contribution in [1.29, 1.82) is 0 Å². The van der Waals surface area contributed by atoms with Crippen molar-refractivity contribution in [3.8, 4) is 17.1 Å². The quantitative estimate of drug-likeness (QED) is 0.705. The summed E-state index contributed by atoms with van der Waals surface area (Å²) in [5.74, 6) is 1.25. The maximum absolute atomic E-state index is 12.1. The molecule has 2 N–H and O–H groups in total. The highest BCUT2D eigenvalue weighted by Gasteiger charge is 2.37. The molecule has 0 atom stereocenters. The molecule has 1 aliphatic heterocycles. The molecule has 2 aromatic rings. The number of amides is 1. The van der Waals surface area contributed by atoms with Gasteiger partial charge < -0.3 is 29.7 Å². The van der Waals surface area contributed by atoms with E-state index in [1.165, 1.54) is 0 Å². The summed E-state index contributed by atoms with van der Waals surface area (Å²) in [7, 11) is 1.76. The van der Waals surface area contributed by atoms with Crippen molar-refractivity contribution in [3.63, 3.8) is 0 Å². The second-order valence-corrected chi connectivity index (χ2v) is 8.23. The Morgan fingerprint density at radius 1 is 1.22 bits per heavy atom. The Morgan fingerprint density at radius 2 is 1.91 bits per heavy atom. The van der Waals surface area contributed by atoms with Crippen molar-refractivity contribution < 1.29 is 19.0 Å². The van der Waals surface area contributed by atoms with Crippen LogP contribution < -0.4 is 15.4 Å². The third kappa shape index (κ3) is 5.16. The molecule has 11 nitrogen and oxygen atoms in total. The van der Waals surface area contributed by atoms with Gasteiger partial charge in [0, 0.05) is 63.0 Å². The third-order valence-electron chi connectivity index (χ3n) is 5.48. The number of nitrogen functional groups attached to an aromatic ring is 1. The van der Waals surface area contributed by atoms with Gasteiger partial charge in [-0.25, -0.2) is 19.7 Å². The number of aromatic nitrogens is 4. The smallest absolute Gasteiger partial charge is 0.410 e. The fourth-order valence-electron chi connectivity index (χ4n) is 3.55. The van der Waals surface area contributed by atoms with Crippen LogP contribution in [0.4, 0.5) is 16.7 Å². The highest BCUT2D eigenvalue weighted by Crippen LogP contribution is 2.31. The lowest BCUT2D eigenvalue weighted by Crippen LogP contribution is -2.50. The van der Waals surface area contributed by atoms with Crippen LogP contribution in [0.15, 0.2) is 18.5 Å². The van der Waals surface area contributed by atoms with Crippen LogP contribution in [0.5, 0.6) is 5.88 Å². The Kier molecular flexibility index (Phi) is 6.54. The van der Waals surface area contributed by atoms with Gasteiger partial charge in [-0.05, 0) is 13.8 Å². The van der Waals surface area contributed by atoms with E-state index in [1.54, 1.807) is 30.4 Å². The summed E-state index contributed by atoms with van der Waals surface area (Å²) in [4.78, 5) is 33.3. The van der Waals surface area contributed by atoms with Gasteiger partial charge in [0.05, 0.1) is 25.0 Å². The first kappa shape index (κ1) is 22.0. The predicted molar refractivity (Wildman–Crippen MR) is 117 cm³/mol. The topological polar surface area (TPSA) is 129 Å². The third-order valence-corrected chi connectivity index (χ3v) is 5.48. The average molecular weight is 444 g/mol. The summed E-state index contributed by atoms with van der Waals surface area (Å²) in [6.07, 6.45) is 4.18. The van der Waals surface area contributed by atoms with Crippen molar-refractivity contribution >= 4 is 18.0 Å². The van der Waals surface area contributed by atoms with Crippen molar-refractivity contribution in [1.82, 2.24) is 24.8 Å². The molecule has 1 saturated carbocycles. The van der Waals surface area contributed by atoms with Gasteiger partial charge in [-0.1, -0.05) is 0 Å². The zero-order valence-electron chi connectivity index (χ0n) is 18.6. The average Bonchev–Trinajstić information content (AvgIpc) is 2.76. The largest absolute Gasteiger partial charge is 0.474 e. The Morgan fingerprint density at radius 3 is 2.56 bits per heavy atom. The van der Waals surface area contributed by atoms with E-state index >= 15 is 0 Å². The van der Waals surface area contributed by atoms with Crippen LogP contribution in [-0.2, 0) is 9.47 Å². The number of carbonyl (C=O) groups excluding carboxylic acids is 1. The second-order valence-electron chi connectivity index (χ2n) is 8.23. The van der Waals surface area contributed by atoms with Gasteiger partial charge in [0.25, 0.3) is 0 Å². The normalized spacial score (nSPS) is 20.6. The highest BCUT2D eigenvalue weighted by molar-refractivity contribution is 5.68. The Labute approximate surface area is 186 Å². The molecule has 0 spiro atoms. The van der Waals surface area contributed by atoms with Crippen molar-refractivity contribution in [2.75, 3.05) is 44.0 Å². The number of carbonyl (C=O) groups is 1. The van der Waals surface area contributed by atoms with E-state index in [0.717, 1.165) is 5.56 Å². The first-order chi connectivity index (χ1) is 15.4. The van der Waals surface area contributed by atoms with E-state index in [1.807, 2.05) is 13.8 Å². The van der Waals surface area contributed by atoms with E-state index in [2.05, 4.69) is 19.9 Å². The van der Waals surface area contributed by atoms with Gasteiger partial charge in [0.1, 0.15) is 6.10 Å². The standard InChI is InChI=1S/C21H29N7O4/c1-13(2)31-21(29)27(3)15-8-16(9-15)32-18-10-17(14-11-23-19(22)24-12-14)25-20(26-18)28-4-6-30-7-5-28/h10-13,15-16H,4-9H2,1-3H3,(H2,22,23,24)/t15-,16-. The van der Waals surface area contributed by atoms with Gasteiger partial charge in [0.2, 0.25) is 17.8 Å². The fraction of sp³-hybridized carbons (Fsp3) is 0.571. The van der Waals surface area contributed by atoms with Crippen LogP contribution >= 0.6 is 0 Å². The number of rotatable bonds is 6. The minimum Gasteiger partial charge on any atom is -0.474 e. The number of hydrogen-bond donors (Lipinski definition) is 1. The van der Waals surface area contributed by atoms with E-state index in [9.17, 15) is 4.79 Å². The van der Waals surface area contributed by atoms with Gasteiger partial charge in [-0.3, -0.25) is 0 Å². The second kappa shape index (κ2) is 9.51. The van der Waals surface area contributed by atoms with Gasteiger partial charge in [-0.2, -0.15) is 4.98 Å². The molecule has 2 fully saturated rings. The number of ether oxygens (including phenoxy) is 3. The summed E-state index contributed by atoms with van der Waals surface area (Å²) >= 11 is 0. The SMILES string of the molecule is CC(C)OC(=O)N(C)[C@H]1C[C@H](Oc2cc(-c3cnc(N)nc3)nc(N3CCOCC3)n2)C1. The Balaban J connectivity index is 1.47. The summed E-state index contributed by atoms with van der Waals surface area (Å²) in [6.45, 7) is 6.33. The number of hydrogen-bond acceptors (Lipinski definition) is 10. The predicted octanol–water partition coefficient (Wildman–Crippen LogP) is 1.74. The molecule has 0 unspecified atom stereocenters.